The normalized spacial score (nSPS) is 18.6. The van der Waals surface area contributed by atoms with Crippen LogP contribution >= 0.6 is 0 Å². The van der Waals surface area contributed by atoms with E-state index in [2.05, 4.69) is 0 Å². The van der Waals surface area contributed by atoms with E-state index in [4.69, 9.17) is 9.72 Å². The molecule has 6 nitrogen and oxygen atoms in total. The molecule has 31 heavy (non-hydrogen) atoms. The number of carboxylic acids is 1. The van der Waals surface area contributed by atoms with Gasteiger partial charge >= 0.3 is 5.97 Å². The fourth-order valence-electron chi connectivity index (χ4n) is 4.09. The quantitative estimate of drug-likeness (QED) is 0.673. The van der Waals surface area contributed by atoms with Crippen molar-refractivity contribution in [2.24, 2.45) is 5.92 Å². The summed E-state index contributed by atoms with van der Waals surface area (Å²) < 4.78 is 5.37. The molecule has 1 saturated heterocycles. The molecule has 4 rings (SSSR count). The maximum atomic E-state index is 11.8. The van der Waals surface area contributed by atoms with Crippen molar-refractivity contribution in [1.29, 1.82) is 0 Å². The first kappa shape index (κ1) is 20.6. The molecule has 1 fully saturated rings. The monoisotopic (exact) mass is 416 g/mol. The molecule has 1 aliphatic rings. The number of hydrogen-bond donors (Lipinski definition) is 1. The van der Waals surface area contributed by atoms with Crippen LogP contribution in [-0.2, 0) is 9.59 Å². The largest absolute Gasteiger partial charge is 0.497 e. The first-order chi connectivity index (χ1) is 15.0. The number of fused-ring (bicyclic) bond motifs is 1. The number of methoxy groups -OCH3 is 1. The number of aromatic nitrogens is 1. The summed E-state index contributed by atoms with van der Waals surface area (Å²) in [6, 6.07) is 17.0. The van der Waals surface area contributed by atoms with Gasteiger partial charge < -0.3 is 14.7 Å². The van der Waals surface area contributed by atoms with Gasteiger partial charge in [0.2, 0.25) is 5.91 Å². The van der Waals surface area contributed by atoms with Crippen molar-refractivity contribution in [3.05, 3.63) is 66.2 Å². The second-order valence-corrected chi connectivity index (χ2v) is 7.73. The molecule has 158 valence electrons. The second-order valence-electron chi connectivity index (χ2n) is 7.73. The van der Waals surface area contributed by atoms with E-state index >= 15 is 0 Å². The predicted molar refractivity (Wildman–Crippen MR) is 120 cm³/mol. The highest BCUT2D eigenvalue weighted by molar-refractivity contribution is 5.91. The summed E-state index contributed by atoms with van der Waals surface area (Å²) in [4.78, 5) is 29.6. The lowest BCUT2D eigenvalue weighted by Gasteiger charge is -2.18. The van der Waals surface area contributed by atoms with E-state index in [1.165, 1.54) is 11.8 Å². The molecule has 1 N–H and O–H groups in total. The minimum atomic E-state index is -0.959. The predicted octanol–water partition coefficient (Wildman–Crippen LogP) is 4.25. The van der Waals surface area contributed by atoms with Gasteiger partial charge in [-0.2, -0.15) is 0 Å². The van der Waals surface area contributed by atoms with Crippen LogP contribution in [0.5, 0.6) is 5.75 Å². The highest BCUT2D eigenvalue weighted by atomic mass is 16.5. The van der Waals surface area contributed by atoms with E-state index in [1.54, 1.807) is 7.11 Å². The maximum absolute atomic E-state index is 11.8. The smallest absolute Gasteiger partial charge is 0.326 e. The third kappa shape index (κ3) is 4.28. The number of pyridine rings is 1. The third-order valence-electron chi connectivity index (χ3n) is 5.69. The molecule has 3 aromatic rings. The van der Waals surface area contributed by atoms with E-state index in [1.807, 2.05) is 66.7 Å². The number of benzene rings is 2. The Kier molecular flexibility index (Phi) is 5.71. The maximum Gasteiger partial charge on any atom is 0.326 e. The van der Waals surface area contributed by atoms with Gasteiger partial charge in [-0.15, -0.1) is 0 Å². The van der Waals surface area contributed by atoms with Crippen LogP contribution < -0.4 is 4.74 Å². The highest BCUT2D eigenvalue weighted by Crippen LogP contribution is 2.30. The van der Waals surface area contributed by atoms with Crippen LogP contribution in [0.3, 0.4) is 0 Å². The topological polar surface area (TPSA) is 79.7 Å². The Balaban J connectivity index is 1.72. The zero-order chi connectivity index (χ0) is 22.0. The van der Waals surface area contributed by atoms with E-state index in [-0.39, 0.29) is 11.8 Å². The molecule has 1 amide bonds. The molecule has 0 radical (unpaired) electrons. The van der Waals surface area contributed by atoms with Crippen molar-refractivity contribution in [2.45, 2.75) is 19.4 Å². The molecule has 1 aromatic heterocycles. The molecule has 2 atom stereocenters. The molecule has 0 aliphatic carbocycles. The van der Waals surface area contributed by atoms with Crippen LogP contribution in [0.1, 0.15) is 18.9 Å². The van der Waals surface area contributed by atoms with E-state index < -0.39 is 12.0 Å². The summed E-state index contributed by atoms with van der Waals surface area (Å²) in [7, 11) is 1.63. The SMILES string of the molecule is COc1ccc2c(/C=C/[C@@H]3C[C@@H](C(=O)O)N(C(C)=O)C3)cc(-c3ccccc3)nc2c1. The Morgan fingerprint density at radius 1 is 1.16 bits per heavy atom. The molecule has 1 aliphatic heterocycles. The van der Waals surface area contributed by atoms with E-state index in [9.17, 15) is 14.7 Å². The van der Waals surface area contributed by atoms with E-state index in [0.29, 0.717) is 13.0 Å². The Morgan fingerprint density at radius 3 is 2.58 bits per heavy atom. The summed E-state index contributed by atoms with van der Waals surface area (Å²) in [6.07, 6.45) is 4.43. The van der Waals surface area contributed by atoms with Crippen molar-refractivity contribution >= 4 is 28.9 Å². The summed E-state index contributed by atoms with van der Waals surface area (Å²) in [5.74, 6) is -0.459. The van der Waals surface area contributed by atoms with Gasteiger partial charge in [-0.3, -0.25) is 4.79 Å². The Hall–Kier alpha value is -3.67. The fourth-order valence-corrected chi connectivity index (χ4v) is 4.09. The van der Waals surface area contributed by atoms with Crippen molar-refractivity contribution in [3.63, 3.8) is 0 Å². The van der Waals surface area contributed by atoms with Gasteiger partial charge in [-0.05, 0) is 36.1 Å². The number of aliphatic carboxylic acids is 1. The lowest BCUT2D eigenvalue weighted by atomic mass is 10.0. The molecule has 6 heteroatoms. The summed E-state index contributed by atoms with van der Waals surface area (Å²) in [5.41, 5.74) is 3.66. The average Bonchev–Trinajstić information content (AvgIpc) is 3.22. The number of carbonyl (C=O) groups is 2. The Morgan fingerprint density at radius 2 is 1.94 bits per heavy atom. The number of carbonyl (C=O) groups excluding carboxylic acids is 1. The first-order valence-electron chi connectivity index (χ1n) is 10.2. The van der Waals surface area contributed by atoms with Crippen molar-refractivity contribution in [3.8, 4) is 17.0 Å². The van der Waals surface area contributed by atoms with Crippen LogP contribution in [-0.4, -0.2) is 46.6 Å². The zero-order valence-electron chi connectivity index (χ0n) is 17.5. The van der Waals surface area contributed by atoms with Crippen LogP contribution in [0.2, 0.25) is 0 Å². The number of likely N-dealkylation sites (tertiary alicyclic amines) is 1. The fraction of sp³-hybridized carbons (Fsp3) is 0.240. The van der Waals surface area contributed by atoms with Crippen molar-refractivity contribution < 1.29 is 19.4 Å². The molecule has 0 unspecified atom stereocenters. The Bertz CT molecular complexity index is 1130. The van der Waals surface area contributed by atoms with Crippen molar-refractivity contribution in [1.82, 2.24) is 9.88 Å². The minimum absolute atomic E-state index is 0.0216. The lowest BCUT2D eigenvalue weighted by molar-refractivity contribution is -0.147. The van der Waals surface area contributed by atoms with Crippen LogP contribution in [0.25, 0.3) is 28.2 Å². The number of carboxylic acid groups (broad SMARTS) is 1. The standard InChI is InChI=1S/C25H24N2O4/c1-16(28)27-15-17(12-24(27)25(29)30)8-9-19-13-22(18-6-4-3-5-7-18)26-23-14-20(31-2)10-11-21(19)23/h3-11,13-14,17,24H,12,15H2,1-2H3,(H,29,30)/b9-8+/t17-,24+/m1/s1. The molecule has 2 heterocycles. The van der Waals surface area contributed by atoms with Gasteiger partial charge in [0.05, 0.1) is 18.3 Å². The number of rotatable bonds is 5. The molecule has 2 aromatic carbocycles. The Labute approximate surface area is 180 Å². The second kappa shape index (κ2) is 8.60. The summed E-state index contributed by atoms with van der Waals surface area (Å²) >= 11 is 0. The van der Waals surface area contributed by atoms with Gasteiger partial charge in [0.25, 0.3) is 0 Å². The van der Waals surface area contributed by atoms with Gasteiger partial charge in [-0.1, -0.05) is 42.5 Å². The minimum Gasteiger partial charge on any atom is -0.497 e. The number of nitrogens with zero attached hydrogens (tertiary/aromatic N) is 2. The zero-order valence-corrected chi connectivity index (χ0v) is 17.5. The third-order valence-corrected chi connectivity index (χ3v) is 5.69. The van der Waals surface area contributed by atoms with Gasteiger partial charge in [-0.25, -0.2) is 9.78 Å². The molecule has 0 bridgehead atoms. The van der Waals surface area contributed by atoms with Crippen LogP contribution in [0.15, 0.2) is 60.7 Å². The molecular weight excluding hydrogens is 392 g/mol. The molecule has 0 saturated carbocycles. The lowest BCUT2D eigenvalue weighted by Crippen LogP contribution is -2.39. The number of ether oxygens (including phenoxy) is 1. The number of amides is 1. The molecule has 0 spiro atoms. The highest BCUT2D eigenvalue weighted by Gasteiger charge is 2.37. The summed E-state index contributed by atoms with van der Waals surface area (Å²) in [5, 5.41) is 10.4. The first-order valence-corrected chi connectivity index (χ1v) is 10.2. The van der Waals surface area contributed by atoms with Crippen LogP contribution in [0.4, 0.5) is 0 Å². The van der Waals surface area contributed by atoms with Crippen LogP contribution in [0, 0.1) is 5.92 Å². The number of hydrogen-bond acceptors (Lipinski definition) is 4. The average molecular weight is 416 g/mol. The van der Waals surface area contributed by atoms with Gasteiger partial charge in [0, 0.05) is 30.5 Å². The summed E-state index contributed by atoms with van der Waals surface area (Å²) in [6.45, 7) is 1.82. The van der Waals surface area contributed by atoms with Crippen molar-refractivity contribution in [2.75, 3.05) is 13.7 Å². The molecular formula is C25H24N2O4. The van der Waals surface area contributed by atoms with Gasteiger partial charge in [0.1, 0.15) is 11.8 Å². The van der Waals surface area contributed by atoms with E-state index in [0.717, 1.165) is 33.5 Å². The van der Waals surface area contributed by atoms with Gasteiger partial charge in [0.15, 0.2) is 0 Å².